The molecule has 2 aromatic rings. The van der Waals surface area contributed by atoms with Crippen molar-refractivity contribution >= 4 is 17.7 Å². The molecule has 2 amide bonds. The van der Waals surface area contributed by atoms with Crippen molar-refractivity contribution in [2.75, 3.05) is 30.8 Å². The fourth-order valence-electron chi connectivity index (χ4n) is 3.14. The fourth-order valence-corrected chi connectivity index (χ4v) is 3.14. The van der Waals surface area contributed by atoms with Gasteiger partial charge in [0.2, 0.25) is 5.95 Å². The number of carbonyl (C=O) groups is 1. The second kappa shape index (κ2) is 8.77. The van der Waals surface area contributed by atoms with Crippen molar-refractivity contribution < 1.29 is 9.53 Å². The zero-order valence-electron chi connectivity index (χ0n) is 16.6. The van der Waals surface area contributed by atoms with E-state index in [1.54, 1.807) is 19.0 Å². The Morgan fingerprint density at radius 1 is 1.29 bits per heavy atom. The second-order valence-corrected chi connectivity index (χ2v) is 6.80. The third-order valence-electron chi connectivity index (χ3n) is 4.82. The number of anilines is 2. The van der Waals surface area contributed by atoms with Gasteiger partial charge in [-0.3, -0.25) is 9.36 Å². The molecule has 0 radical (unpaired) electrons. The summed E-state index contributed by atoms with van der Waals surface area (Å²) < 4.78 is 7.10. The minimum absolute atomic E-state index is 0.125. The molecule has 1 aromatic heterocycles. The van der Waals surface area contributed by atoms with Crippen LogP contribution in [-0.4, -0.2) is 40.7 Å². The Bertz CT molecular complexity index is 892. The molecular weight excluding hydrogens is 358 g/mol. The van der Waals surface area contributed by atoms with E-state index in [9.17, 15) is 9.59 Å². The van der Waals surface area contributed by atoms with Crippen molar-refractivity contribution in [2.24, 2.45) is 7.05 Å². The van der Waals surface area contributed by atoms with Crippen molar-refractivity contribution in [3.63, 3.8) is 0 Å². The highest BCUT2D eigenvalue weighted by molar-refractivity contribution is 5.89. The third-order valence-corrected chi connectivity index (χ3v) is 4.82. The smallest absolute Gasteiger partial charge is 0.322 e. The second-order valence-electron chi connectivity index (χ2n) is 6.80. The van der Waals surface area contributed by atoms with Crippen LogP contribution in [0.2, 0.25) is 0 Å². The highest BCUT2D eigenvalue weighted by atomic mass is 16.5. The molecule has 150 valence electrons. The third kappa shape index (κ3) is 4.27. The first-order valence-electron chi connectivity index (χ1n) is 9.58. The van der Waals surface area contributed by atoms with Gasteiger partial charge >= 0.3 is 6.03 Å². The van der Waals surface area contributed by atoms with Crippen molar-refractivity contribution in [1.29, 1.82) is 0 Å². The lowest BCUT2D eigenvalue weighted by molar-refractivity contribution is 0.205. The Morgan fingerprint density at radius 2 is 2.04 bits per heavy atom. The van der Waals surface area contributed by atoms with E-state index in [2.05, 4.69) is 22.5 Å². The van der Waals surface area contributed by atoms with Gasteiger partial charge in [0.05, 0.1) is 24.4 Å². The lowest BCUT2D eigenvalue weighted by Crippen LogP contribution is -2.42. The number of fused-ring (bicyclic) bond motifs is 1. The van der Waals surface area contributed by atoms with E-state index in [0.717, 1.165) is 24.3 Å². The van der Waals surface area contributed by atoms with Crippen LogP contribution in [0.25, 0.3) is 0 Å². The lowest BCUT2D eigenvalue weighted by Gasteiger charge is -2.28. The van der Waals surface area contributed by atoms with Gasteiger partial charge in [-0.25, -0.2) is 9.78 Å². The normalized spacial score (nSPS) is 13.0. The quantitative estimate of drug-likeness (QED) is 0.746. The van der Waals surface area contributed by atoms with E-state index in [4.69, 9.17) is 4.74 Å². The maximum atomic E-state index is 12.6. The number of nitrogens with one attached hydrogen (secondary N) is 2. The first-order chi connectivity index (χ1) is 13.5. The maximum Gasteiger partial charge on any atom is 0.322 e. The van der Waals surface area contributed by atoms with Gasteiger partial charge in [-0.2, -0.15) is 0 Å². The number of nitrogens with zero attached hydrogens (tertiary/aromatic N) is 3. The predicted molar refractivity (Wildman–Crippen MR) is 109 cm³/mol. The summed E-state index contributed by atoms with van der Waals surface area (Å²) in [5.74, 6) is 1.32. The number of urea groups is 1. The van der Waals surface area contributed by atoms with Gasteiger partial charge in [0.25, 0.3) is 5.56 Å². The Hall–Kier alpha value is -3.03. The van der Waals surface area contributed by atoms with E-state index in [1.807, 2.05) is 24.3 Å². The van der Waals surface area contributed by atoms with Crippen LogP contribution in [0.1, 0.15) is 31.0 Å². The molecule has 3 rings (SSSR count). The molecule has 1 aliphatic rings. The van der Waals surface area contributed by atoms with E-state index >= 15 is 0 Å². The summed E-state index contributed by atoms with van der Waals surface area (Å²) in [6.45, 7) is 3.57. The average Bonchev–Trinajstić information content (AvgIpc) is 2.71. The minimum Gasteiger partial charge on any atom is -0.494 e. The van der Waals surface area contributed by atoms with Gasteiger partial charge in [0.15, 0.2) is 0 Å². The van der Waals surface area contributed by atoms with Crippen molar-refractivity contribution in [2.45, 2.75) is 32.7 Å². The Morgan fingerprint density at radius 3 is 2.71 bits per heavy atom. The van der Waals surface area contributed by atoms with Gasteiger partial charge in [-0.15, -0.1) is 0 Å². The summed E-state index contributed by atoms with van der Waals surface area (Å²) >= 11 is 0. The molecule has 8 heteroatoms. The van der Waals surface area contributed by atoms with Crippen molar-refractivity contribution in [1.82, 2.24) is 14.5 Å². The number of ether oxygens (including phenoxy) is 1. The van der Waals surface area contributed by atoms with Gasteiger partial charge < -0.3 is 20.3 Å². The molecule has 0 unspecified atom stereocenters. The Kier molecular flexibility index (Phi) is 6.18. The molecule has 0 saturated heterocycles. The minimum atomic E-state index is -0.231. The van der Waals surface area contributed by atoms with Crippen LogP contribution in [0.15, 0.2) is 29.1 Å². The summed E-state index contributed by atoms with van der Waals surface area (Å²) in [7, 11) is 3.40. The van der Waals surface area contributed by atoms with Gasteiger partial charge in [-0.1, -0.05) is 13.3 Å². The topological polar surface area (TPSA) is 88.5 Å². The van der Waals surface area contributed by atoms with Gasteiger partial charge in [0.1, 0.15) is 5.75 Å². The highest BCUT2D eigenvalue weighted by Crippen LogP contribution is 2.19. The monoisotopic (exact) mass is 385 g/mol. The summed E-state index contributed by atoms with van der Waals surface area (Å²) in [6, 6.07) is 7.09. The number of carbonyl (C=O) groups excluding carboxylic acids is 1. The Labute approximate surface area is 164 Å². The number of rotatable bonds is 6. The standard InChI is InChI=1S/C20H27N5O3/c1-4-5-12-28-15-8-6-14(7-9-15)22-20(27)25-11-10-17-16(13-25)18(26)24(3)19(21-2)23-17/h6-9H,4-5,10-13H2,1-3H3,(H,21,23)(H,22,27). The average molecular weight is 385 g/mol. The molecule has 0 aliphatic carbocycles. The number of hydrogen-bond acceptors (Lipinski definition) is 5. The lowest BCUT2D eigenvalue weighted by atomic mass is 10.1. The predicted octanol–water partition coefficient (Wildman–Crippen LogP) is 2.59. The molecule has 8 nitrogen and oxygen atoms in total. The molecule has 1 aromatic carbocycles. The molecule has 0 saturated carbocycles. The largest absolute Gasteiger partial charge is 0.494 e. The van der Waals surface area contributed by atoms with Crippen LogP contribution in [0, 0.1) is 0 Å². The molecule has 28 heavy (non-hydrogen) atoms. The summed E-state index contributed by atoms with van der Waals surface area (Å²) in [5, 5.41) is 5.81. The summed E-state index contributed by atoms with van der Waals surface area (Å²) in [5.41, 5.74) is 1.89. The van der Waals surface area contributed by atoms with E-state index in [0.29, 0.717) is 36.8 Å². The summed E-state index contributed by atoms with van der Waals surface area (Å²) in [4.78, 5) is 31.3. The number of benzene rings is 1. The molecule has 0 spiro atoms. The molecule has 1 aliphatic heterocycles. The van der Waals surface area contributed by atoms with Gasteiger partial charge in [0, 0.05) is 32.7 Å². The van der Waals surface area contributed by atoms with Crippen molar-refractivity contribution in [3.8, 4) is 5.75 Å². The van der Waals surface area contributed by atoms with Crippen LogP contribution in [0.4, 0.5) is 16.4 Å². The summed E-state index contributed by atoms with van der Waals surface area (Å²) in [6.07, 6.45) is 2.65. The molecule has 2 heterocycles. The SMILES string of the molecule is CCCCOc1ccc(NC(=O)N2CCc3nc(NC)n(C)c(=O)c3C2)cc1. The van der Waals surface area contributed by atoms with Gasteiger partial charge in [-0.05, 0) is 30.7 Å². The van der Waals surface area contributed by atoms with E-state index < -0.39 is 0 Å². The molecular formula is C20H27N5O3. The van der Waals surface area contributed by atoms with Crippen LogP contribution in [0.5, 0.6) is 5.75 Å². The van der Waals surface area contributed by atoms with Crippen LogP contribution in [0.3, 0.4) is 0 Å². The zero-order valence-corrected chi connectivity index (χ0v) is 16.6. The van der Waals surface area contributed by atoms with Crippen LogP contribution in [-0.2, 0) is 20.0 Å². The number of amides is 2. The molecule has 0 bridgehead atoms. The van der Waals surface area contributed by atoms with E-state index in [-0.39, 0.29) is 18.1 Å². The maximum absolute atomic E-state index is 12.6. The molecule has 0 fully saturated rings. The molecule has 2 N–H and O–H groups in total. The first-order valence-corrected chi connectivity index (χ1v) is 9.58. The van der Waals surface area contributed by atoms with E-state index in [1.165, 1.54) is 4.57 Å². The number of unbranched alkanes of at least 4 members (excludes halogenated alkanes) is 1. The highest BCUT2D eigenvalue weighted by Gasteiger charge is 2.25. The van der Waals surface area contributed by atoms with Crippen molar-refractivity contribution in [3.05, 3.63) is 45.9 Å². The van der Waals surface area contributed by atoms with Crippen LogP contribution < -0.4 is 20.9 Å². The van der Waals surface area contributed by atoms with Crippen LogP contribution >= 0.6 is 0 Å². The first kappa shape index (κ1) is 19.7. The zero-order chi connectivity index (χ0) is 20.1. The number of hydrogen-bond donors (Lipinski definition) is 2. The fraction of sp³-hybridized carbons (Fsp3) is 0.450. The molecule has 0 atom stereocenters. The Balaban J connectivity index is 1.65. The number of aromatic nitrogens is 2.